The Bertz CT molecular complexity index is 1480. The van der Waals surface area contributed by atoms with E-state index in [-0.39, 0.29) is 18.1 Å². The Balaban J connectivity index is 1.63. The molecule has 0 radical (unpaired) electrons. The molecule has 0 spiro atoms. The lowest BCUT2D eigenvalue weighted by molar-refractivity contribution is 0.209. The number of benzene rings is 3. The zero-order valence-electron chi connectivity index (χ0n) is 21.9. The van der Waals surface area contributed by atoms with Crippen molar-refractivity contribution in [3.63, 3.8) is 0 Å². The first kappa shape index (κ1) is 26.4. The summed E-state index contributed by atoms with van der Waals surface area (Å²) in [5.41, 5.74) is 2.37. The van der Waals surface area contributed by atoms with Crippen molar-refractivity contribution in [1.82, 2.24) is 9.88 Å². The highest BCUT2D eigenvalue weighted by Gasteiger charge is 2.18. The van der Waals surface area contributed by atoms with Crippen molar-refractivity contribution in [3.8, 4) is 23.0 Å². The molecule has 198 valence electrons. The molecule has 4 aromatic rings. The number of hydrogen-bond acceptors (Lipinski definition) is 6. The van der Waals surface area contributed by atoms with Gasteiger partial charge in [0.2, 0.25) is 0 Å². The highest BCUT2D eigenvalue weighted by Crippen LogP contribution is 2.28. The number of H-pyrrole nitrogens is 1. The van der Waals surface area contributed by atoms with Crippen LogP contribution in [0.25, 0.3) is 10.9 Å². The highest BCUT2D eigenvalue weighted by atomic mass is 16.5. The van der Waals surface area contributed by atoms with Crippen molar-refractivity contribution in [2.75, 3.05) is 40.3 Å². The second-order valence-corrected chi connectivity index (χ2v) is 8.57. The molecular weight excluding hydrogens is 486 g/mol. The smallest absolute Gasteiger partial charge is 0.322 e. The van der Waals surface area contributed by atoms with Crippen molar-refractivity contribution in [2.24, 2.45) is 0 Å². The number of rotatable bonds is 10. The topological polar surface area (TPSA) is 102 Å². The Morgan fingerprint density at radius 2 is 1.61 bits per heavy atom. The van der Waals surface area contributed by atoms with Crippen LogP contribution in [0.5, 0.6) is 23.0 Å². The van der Waals surface area contributed by atoms with Gasteiger partial charge in [-0.2, -0.15) is 0 Å². The van der Waals surface area contributed by atoms with Gasteiger partial charge in [-0.05, 0) is 60.5 Å². The van der Waals surface area contributed by atoms with Crippen LogP contribution in [-0.4, -0.2) is 50.9 Å². The molecule has 1 heterocycles. The summed E-state index contributed by atoms with van der Waals surface area (Å²) in [6, 6.07) is 19.7. The van der Waals surface area contributed by atoms with Crippen molar-refractivity contribution in [3.05, 3.63) is 88.2 Å². The van der Waals surface area contributed by atoms with Crippen LogP contribution in [0.1, 0.15) is 11.1 Å². The summed E-state index contributed by atoms with van der Waals surface area (Å²) in [6.07, 6.45) is 0.527. The van der Waals surface area contributed by atoms with Crippen LogP contribution in [0, 0.1) is 0 Å². The van der Waals surface area contributed by atoms with Gasteiger partial charge in [-0.3, -0.25) is 4.79 Å². The minimum absolute atomic E-state index is 0.0940. The normalized spacial score (nSPS) is 10.6. The molecule has 0 bridgehead atoms. The maximum atomic E-state index is 13.5. The van der Waals surface area contributed by atoms with Crippen LogP contribution in [0.3, 0.4) is 0 Å². The molecule has 3 aromatic carbocycles. The van der Waals surface area contributed by atoms with Crippen molar-refractivity contribution in [1.29, 1.82) is 0 Å². The monoisotopic (exact) mass is 517 g/mol. The van der Waals surface area contributed by atoms with Crippen molar-refractivity contribution >= 4 is 22.6 Å². The Labute approximate surface area is 220 Å². The van der Waals surface area contributed by atoms with Gasteiger partial charge in [0.25, 0.3) is 5.56 Å². The van der Waals surface area contributed by atoms with E-state index in [1.54, 1.807) is 63.7 Å². The number of para-hydroxylation sites is 2. The highest BCUT2D eigenvalue weighted by molar-refractivity contribution is 5.91. The van der Waals surface area contributed by atoms with E-state index in [0.717, 1.165) is 10.9 Å². The number of methoxy groups -OCH3 is 4. The molecule has 0 saturated carbocycles. The number of nitrogens with zero attached hydrogens (tertiary/aromatic N) is 1. The fourth-order valence-electron chi connectivity index (χ4n) is 4.17. The number of hydrogen-bond donors (Lipinski definition) is 2. The molecule has 0 aliphatic rings. The number of aromatic nitrogens is 1. The predicted molar refractivity (Wildman–Crippen MR) is 147 cm³/mol. The van der Waals surface area contributed by atoms with E-state index in [1.165, 1.54) is 0 Å². The third-order valence-electron chi connectivity index (χ3n) is 6.24. The zero-order valence-corrected chi connectivity index (χ0v) is 21.9. The minimum Gasteiger partial charge on any atom is -0.497 e. The molecule has 9 heteroatoms. The maximum absolute atomic E-state index is 13.5. The van der Waals surface area contributed by atoms with Gasteiger partial charge in [0, 0.05) is 23.0 Å². The van der Waals surface area contributed by atoms with Crippen LogP contribution >= 0.6 is 0 Å². The molecule has 0 aliphatic heterocycles. The number of urea groups is 1. The van der Waals surface area contributed by atoms with Gasteiger partial charge in [-0.1, -0.05) is 18.2 Å². The van der Waals surface area contributed by atoms with Gasteiger partial charge in [0.15, 0.2) is 11.5 Å². The summed E-state index contributed by atoms with van der Waals surface area (Å²) >= 11 is 0. The van der Waals surface area contributed by atoms with E-state index >= 15 is 0 Å². The number of nitrogens with one attached hydrogen (secondary N) is 2. The number of ether oxygens (including phenoxy) is 4. The summed E-state index contributed by atoms with van der Waals surface area (Å²) in [6.45, 7) is 0.433. The van der Waals surface area contributed by atoms with E-state index < -0.39 is 0 Å². The van der Waals surface area contributed by atoms with E-state index in [4.69, 9.17) is 18.9 Å². The Kier molecular flexibility index (Phi) is 8.37. The van der Waals surface area contributed by atoms with E-state index in [1.807, 2.05) is 36.4 Å². The number of pyridine rings is 1. The molecular formula is C29H31N3O6. The van der Waals surface area contributed by atoms with Crippen molar-refractivity contribution < 1.29 is 23.7 Å². The van der Waals surface area contributed by atoms with E-state index in [9.17, 15) is 9.59 Å². The molecule has 2 N–H and O–H groups in total. The first-order valence-electron chi connectivity index (χ1n) is 12.1. The van der Waals surface area contributed by atoms with Gasteiger partial charge in [0.1, 0.15) is 11.5 Å². The second-order valence-electron chi connectivity index (χ2n) is 8.57. The molecule has 1 aromatic heterocycles. The predicted octanol–water partition coefficient (Wildman–Crippen LogP) is 4.84. The van der Waals surface area contributed by atoms with Crippen molar-refractivity contribution in [2.45, 2.75) is 13.0 Å². The summed E-state index contributed by atoms with van der Waals surface area (Å²) in [7, 11) is 6.29. The summed E-state index contributed by atoms with van der Waals surface area (Å²) in [5, 5.41) is 3.73. The van der Waals surface area contributed by atoms with Crippen LogP contribution in [0.4, 0.5) is 10.5 Å². The maximum Gasteiger partial charge on any atom is 0.322 e. The third kappa shape index (κ3) is 6.00. The van der Waals surface area contributed by atoms with Gasteiger partial charge in [-0.15, -0.1) is 0 Å². The lowest BCUT2D eigenvalue weighted by Crippen LogP contribution is -2.37. The van der Waals surface area contributed by atoms with E-state index in [2.05, 4.69) is 10.3 Å². The van der Waals surface area contributed by atoms with Gasteiger partial charge >= 0.3 is 6.03 Å². The number of anilines is 1. The Morgan fingerprint density at radius 1 is 0.842 bits per heavy atom. The molecule has 0 fully saturated rings. The number of fused-ring (bicyclic) bond motifs is 1. The van der Waals surface area contributed by atoms with Gasteiger partial charge < -0.3 is 34.1 Å². The van der Waals surface area contributed by atoms with Gasteiger partial charge in [-0.25, -0.2) is 4.79 Å². The average molecular weight is 518 g/mol. The fourth-order valence-corrected chi connectivity index (χ4v) is 4.17. The fraction of sp³-hybridized carbons (Fsp3) is 0.241. The van der Waals surface area contributed by atoms with E-state index in [0.29, 0.717) is 52.7 Å². The van der Waals surface area contributed by atoms with Gasteiger partial charge in [0.05, 0.1) is 40.7 Å². The molecule has 2 amide bonds. The number of aromatic amines is 1. The molecule has 0 atom stereocenters. The largest absolute Gasteiger partial charge is 0.497 e. The number of carbonyl (C=O) groups excluding carboxylic acids is 1. The molecule has 4 rings (SSSR count). The first-order valence-corrected chi connectivity index (χ1v) is 12.1. The zero-order chi connectivity index (χ0) is 27.1. The van der Waals surface area contributed by atoms with Crippen LogP contribution < -0.4 is 29.8 Å². The lowest BCUT2D eigenvalue weighted by atomic mass is 10.1. The van der Waals surface area contributed by atoms with Crippen LogP contribution in [-0.2, 0) is 13.0 Å². The quantitative estimate of drug-likeness (QED) is 0.312. The molecule has 38 heavy (non-hydrogen) atoms. The third-order valence-corrected chi connectivity index (χ3v) is 6.24. The molecule has 0 aliphatic carbocycles. The van der Waals surface area contributed by atoms with Crippen LogP contribution in [0.2, 0.25) is 0 Å². The minimum atomic E-state index is -0.361. The SMILES string of the molecule is COc1ccc2[nH]c(=O)c(CN(CCc3ccc(OC)c(OC)c3)C(=O)Nc3ccccc3OC)cc2c1. The second kappa shape index (κ2) is 12.1. The summed E-state index contributed by atoms with van der Waals surface area (Å²) < 4.78 is 21.5. The Morgan fingerprint density at radius 3 is 2.34 bits per heavy atom. The average Bonchev–Trinajstić information content (AvgIpc) is 2.95. The lowest BCUT2D eigenvalue weighted by Gasteiger charge is -2.24. The summed E-state index contributed by atoms with van der Waals surface area (Å²) in [4.78, 5) is 30.9. The molecule has 0 unspecified atom stereocenters. The Hall–Kier alpha value is -4.66. The number of amides is 2. The first-order chi connectivity index (χ1) is 18.4. The standard InChI is InChI=1S/C29H31N3O6/c1-35-22-10-11-23-20(17-22)16-21(28(33)30-23)18-32(29(34)31-24-7-5-6-8-25(24)36-2)14-13-19-9-12-26(37-3)27(15-19)38-4/h5-12,15-17H,13-14,18H2,1-4H3,(H,30,33)(H,31,34). The van der Waals surface area contributed by atoms with Crippen LogP contribution in [0.15, 0.2) is 71.5 Å². The molecule has 0 saturated heterocycles. The number of carbonyl (C=O) groups is 1. The molecule has 9 nitrogen and oxygen atoms in total. The summed E-state index contributed by atoms with van der Waals surface area (Å²) in [5.74, 6) is 2.45.